The predicted molar refractivity (Wildman–Crippen MR) is 113 cm³/mol. The maximum atomic E-state index is 13.4. The summed E-state index contributed by atoms with van der Waals surface area (Å²) in [5.41, 5.74) is 0.390. The molecule has 2 bridgehead atoms. The molecule has 32 heavy (non-hydrogen) atoms. The minimum absolute atomic E-state index is 0.0944. The number of hydrogen-bond donors (Lipinski definition) is 0. The Labute approximate surface area is 186 Å². The monoisotopic (exact) mass is 437 g/mol. The summed E-state index contributed by atoms with van der Waals surface area (Å²) in [6.45, 7) is 3.11. The van der Waals surface area contributed by atoms with Crippen molar-refractivity contribution in [2.75, 3.05) is 13.7 Å². The second-order valence-electron chi connectivity index (χ2n) is 9.65. The molecule has 0 N–H and O–H groups in total. The van der Waals surface area contributed by atoms with Crippen molar-refractivity contribution in [3.8, 4) is 5.75 Å². The highest BCUT2D eigenvalue weighted by Crippen LogP contribution is 2.65. The minimum atomic E-state index is -1.03. The molecule has 6 rings (SSSR count). The number of imide groups is 1. The molecule has 1 saturated heterocycles. The molecule has 2 amide bonds. The Hall–Kier alpha value is -2.96. The first kappa shape index (κ1) is 20.9. The van der Waals surface area contributed by atoms with Gasteiger partial charge in [0.25, 0.3) is 0 Å². The fraction of sp³-hybridized carbons (Fsp3) is 0.520. The van der Waals surface area contributed by atoms with Gasteiger partial charge >= 0.3 is 5.97 Å². The zero-order valence-electron chi connectivity index (χ0n) is 18.4. The number of ketones is 1. The lowest BCUT2D eigenvalue weighted by Gasteiger charge is -2.37. The van der Waals surface area contributed by atoms with Crippen molar-refractivity contribution in [3.05, 3.63) is 42.0 Å². The normalized spacial score (nSPS) is 32.6. The highest BCUT2D eigenvalue weighted by molar-refractivity contribution is 6.09. The summed E-state index contributed by atoms with van der Waals surface area (Å²) in [7, 11) is 1.53. The Kier molecular flexibility index (Phi) is 4.95. The molecule has 0 unspecified atom stereocenters. The van der Waals surface area contributed by atoms with Crippen LogP contribution in [0.15, 0.2) is 36.4 Å². The first-order valence-electron chi connectivity index (χ1n) is 11.2. The third-order valence-corrected chi connectivity index (χ3v) is 7.61. The number of amides is 2. The fourth-order valence-corrected chi connectivity index (χ4v) is 6.01. The van der Waals surface area contributed by atoms with Crippen molar-refractivity contribution < 1.29 is 28.7 Å². The number of Topliss-reactive ketones (excluding diaryl/α,β-unsaturated/α-hetero) is 1. The van der Waals surface area contributed by atoms with Crippen LogP contribution in [0.4, 0.5) is 0 Å². The van der Waals surface area contributed by atoms with Gasteiger partial charge in [-0.05, 0) is 60.3 Å². The van der Waals surface area contributed by atoms with Crippen molar-refractivity contribution in [2.24, 2.45) is 41.4 Å². The van der Waals surface area contributed by atoms with Gasteiger partial charge in [-0.15, -0.1) is 0 Å². The van der Waals surface area contributed by atoms with E-state index in [1.54, 1.807) is 38.1 Å². The Balaban J connectivity index is 1.30. The van der Waals surface area contributed by atoms with Crippen LogP contribution < -0.4 is 4.74 Å². The predicted octanol–water partition coefficient (Wildman–Crippen LogP) is 2.50. The molecule has 2 saturated carbocycles. The Morgan fingerprint density at radius 3 is 2.06 bits per heavy atom. The molecule has 1 aromatic carbocycles. The molecule has 1 aromatic rings. The smallest absolute Gasteiger partial charge is 0.330 e. The van der Waals surface area contributed by atoms with Crippen LogP contribution in [0.1, 0.15) is 30.6 Å². The van der Waals surface area contributed by atoms with Crippen LogP contribution in [0, 0.1) is 41.4 Å². The molecule has 7 heteroatoms. The molecule has 3 fully saturated rings. The van der Waals surface area contributed by atoms with E-state index in [4.69, 9.17) is 9.47 Å². The molecule has 0 spiro atoms. The number of likely N-dealkylation sites (tertiary alicyclic amines) is 1. The molecular weight excluding hydrogens is 410 g/mol. The van der Waals surface area contributed by atoms with Crippen LogP contribution in [-0.4, -0.2) is 48.2 Å². The second kappa shape index (κ2) is 7.57. The second-order valence-corrected chi connectivity index (χ2v) is 9.65. The lowest BCUT2D eigenvalue weighted by Crippen LogP contribution is -2.49. The molecule has 0 radical (unpaired) electrons. The molecule has 0 aromatic heterocycles. The van der Waals surface area contributed by atoms with Gasteiger partial charge in [-0.25, -0.2) is 4.79 Å². The van der Waals surface area contributed by atoms with E-state index >= 15 is 0 Å². The number of carbonyl (C=O) groups is 4. The van der Waals surface area contributed by atoms with E-state index in [9.17, 15) is 19.2 Å². The van der Waals surface area contributed by atoms with Gasteiger partial charge in [0.05, 0.1) is 18.9 Å². The number of ether oxygens (including phenoxy) is 2. The molecular formula is C25H27NO6. The van der Waals surface area contributed by atoms with Gasteiger partial charge < -0.3 is 9.47 Å². The summed E-state index contributed by atoms with van der Waals surface area (Å²) in [6, 6.07) is 5.48. The van der Waals surface area contributed by atoms with Gasteiger partial charge in [0, 0.05) is 5.56 Å². The van der Waals surface area contributed by atoms with E-state index in [1.165, 1.54) is 7.11 Å². The van der Waals surface area contributed by atoms with E-state index in [-0.39, 0.29) is 47.2 Å². The number of allylic oxidation sites excluding steroid dienone is 2. The highest BCUT2D eigenvalue weighted by Gasteiger charge is 2.68. The summed E-state index contributed by atoms with van der Waals surface area (Å²) in [5, 5.41) is 0. The van der Waals surface area contributed by atoms with E-state index in [1.807, 2.05) is 0 Å². The van der Waals surface area contributed by atoms with Gasteiger partial charge in [0.15, 0.2) is 12.4 Å². The maximum Gasteiger partial charge on any atom is 0.330 e. The van der Waals surface area contributed by atoms with Gasteiger partial charge in [-0.2, -0.15) is 0 Å². The first-order chi connectivity index (χ1) is 15.3. The van der Waals surface area contributed by atoms with Crippen LogP contribution in [0.5, 0.6) is 5.75 Å². The van der Waals surface area contributed by atoms with Crippen LogP contribution in [0.25, 0.3) is 0 Å². The van der Waals surface area contributed by atoms with E-state index < -0.39 is 18.6 Å². The molecule has 7 nitrogen and oxygen atoms in total. The van der Waals surface area contributed by atoms with E-state index in [0.29, 0.717) is 23.1 Å². The molecule has 5 aliphatic rings. The van der Waals surface area contributed by atoms with Crippen LogP contribution in [-0.2, 0) is 19.1 Å². The number of rotatable bonds is 7. The SMILES string of the molecule is COc1ccc(C(=O)COC(=O)[C@@H](C(C)C)N2C(=O)[C@H]3[C@@H]4C=C[C@H]([C@H]5C[C@H]45)[C@@H]3C2=O)cc1. The van der Waals surface area contributed by atoms with E-state index in [0.717, 1.165) is 11.3 Å². The van der Waals surface area contributed by atoms with Crippen molar-refractivity contribution in [2.45, 2.75) is 26.3 Å². The topological polar surface area (TPSA) is 90.0 Å². The number of benzene rings is 1. The largest absolute Gasteiger partial charge is 0.497 e. The average molecular weight is 437 g/mol. The van der Waals surface area contributed by atoms with Gasteiger partial charge in [0.1, 0.15) is 11.8 Å². The van der Waals surface area contributed by atoms with Crippen molar-refractivity contribution in [1.82, 2.24) is 4.90 Å². The first-order valence-corrected chi connectivity index (χ1v) is 11.2. The van der Waals surface area contributed by atoms with Gasteiger partial charge in [-0.3, -0.25) is 19.3 Å². The lowest BCUT2D eigenvalue weighted by molar-refractivity contribution is -0.160. The van der Waals surface area contributed by atoms with Crippen LogP contribution >= 0.6 is 0 Å². The Morgan fingerprint density at radius 2 is 1.56 bits per heavy atom. The Morgan fingerprint density at radius 1 is 1.00 bits per heavy atom. The zero-order chi connectivity index (χ0) is 22.7. The zero-order valence-corrected chi connectivity index (χ0v) is 18.4. The van der Waals surface area contributed by atoms with Crippen molar-refractivity contribution >= 4 is 23.6 Å². The molecule has 1 heterocycles. The average Bonchev–Trinajstić information content (AvgIpc) is 3.58. The van der Waals surface area contributed by atoms with Crippen LogP contribution in [0.2, 0.25) is 0 Å². The highest BCUT2D eigenvalue weighted by atomic mass is 16.5. The standard InChI is InChI=1S/C25H27NO6/c1-12(2)22(25(30)32-11-19(27)13-4-6-14(31-3)7-5-13)26-23(28)20-15-8-9-16(18-10-17(15)18)21(20)24(26)29/h4-9,12,15-18,20-22H,10-11H2,1-3H3/t15-,16-,17-,18-,20+,21+,22-/m1/s1. The van der Waals surface area contributed by atoms with Crippen molar-refractivity contribution in [3.63, 3.8) is 0 Å². The van der Waals surface area contributed by atoms with Crippen molar-refractivity contribution in [1.29, 1.82) is 0 Å². The summed E-state index contributed by atoms with van der Waals surface area (Å²) in [4.78, 5) is 53.3. The number of esters is 1. The molecule has 1 aliphatic heterocycles. The van der Waals surface area contributed by atoms with E-state index in [2.05, 4.69) is 12.2 Å². The molecule has 7 atom stereocenters. The summed E-state index contributed by atoms with van der Waals surface area (Å²) >= 11 is 0. The number of carbonyl (C=O) groups excluding carboxylic acids is 4. The maximum absolute atomic E-state index is 13.4. The number of methoxy groups -OCH3 is 1. The quantitative estimate of drug-likeness (QED) is 0.282. The molecule has 4 aliphatic carbocycles. The molecule has 168 valence electrons. The lowest BCUT2D eigenvalue weighted by atomic mass is 9.63. The summed E-state index contributed by atoms with van der Waals surface area (Å²) in [6.07, 6.45) is 5.29. The van der Waals surface area contributed by atoms with Crippen LogP contribution in [0.3, 0.4) is 0 Å². The Bertz CT molecular complexity index is 976. The minimum Gasteiger partial charge on any atom is -0.497 e. The van der Waals surface area contributed by atoms with Gasteiger partial charge in [0.2, 0.25) is 11.8 Å². The summed E-state index contributed by atoms with van der Waals surface area (Å²) in [5.74, 6) is -0.862. The fourth-order valence-electron chi connectivity index (χ4n) is 6.01. The number of hydrogen-bond acceptors (Lipinski definition) is 6. The summed E-state index contributed by atoms with van der Waals surface area (Å²) < 4.78 is 10.4. The third-order valence-electron chi connectivity index (χ3n) is 7.61. The van der Waals surface area contributed by atoms with Gasteiger partial charge in [-0.1, -0.05) is 26.0 Å². The third kappa shape index (κ3) is 3.09. The number of nitrogens with zero attached hydrogens (tertiary/aromatic N) is 1.